The summed E-state index contributed by atoms with van der Waals surface area (Å²) in [6, 6.07) is 10.1. The van der Waals surface area contributed by atoms with Crippen molar-refractivity contribution in [1.82, 2.24) is 0 Å². The summed E-state index contributed by atoms with van der Waals surface area (Å²) in [7, 11) is 0. The second kappa shape index (κ2) is 6.66. The van der Waals surface area contributed by atoms with Crippen molar-refractivity contribution in [1.29, 1.82) is 0 Å². The molecule has 0 radical (unpaired) electrons. The second-order valence-electron chi connectivity index (χ2n) is 5.19. The molecule has 2 rings (SSSR count). The molecule has 0 aromatic heterocycles. The second-order valence-corrected chi connectivity index (χ2v) is 5.19. The predicted octanol–water partition coefficient (Wildman–Crippen LogP) is 4.74. The summed E-state index contributed by atoms with van der Waals surface area (Å²) in [5.41, 5.74) is 4.53. The Hall–Kier alpha value is -1.96. The fourth-order valence-corrected chi connectivity index (χ4v) is 2.67. The molecule has 0 unspecified atom stereocenters. The number of aryl methyl sites for hydroxylation is 3. The number of carbonyl (C=O) groups excluding carboxylic acids is 1. The quantitative estimate of drug-likeness (QED) is 0.724. The zero-order chi connectivity index (χ0) is 15.4. The van der Waals surface area contributed by atoms with E-state index in [1.54, 1.807) is 12.1 Å². The number of ketones is 1. The number of rotatable bonds is 5. The summed E-state index contributed by atoms with van der Waals surface area (Å²) in [6.45, 7) is 6.22. The van der Waals surface area contributed by atoms with Gasteiger partial charge in [0.05, 0.1) is 0 Å². The first-order valence-corrected chi connectivity index (χ1v) is 7.55. The van der Waals surface area contributed by atoms with Gasteiger partial charge in [-0.3, -0.25) is 4.79 Å². The molecular formula is C19H21FO. The first-order chi connectivity index (χ1) is 10.1. The molecule has 21 heavy (non-hydrogen) atoms. The minimum Gasteiger partial charge on any atom is -0.289 e. The van der Waals surface area contributed by atoms with Gasteiger partial charge in [-0.2, -0.15) is 0 Å². The molecule has 2 aromatic rings. The lowest BCUT2D eigenvalue weighted by Gasteiger charge is -2.14. The number of halogens is 1. The van der Waals surface area contributed by atoms with Crippen molar-refractivity contribution in [2.45, 2.75) is 40.0 Å². The molecule has 0 bridgehead atoms. The number of hydrogen-bond donors (Lipinski definition) is 0. The highest BCUT2D eigenvalue weighted by Crippen LogP contribution is 2.23. The Kier molecular flexibility index (Phi) is 4.89. The minimum atomic E-state index is -0.373. The Morgan fingerprint density at radius 3 is 2.05 bits per heavy atom. The van der Waals surface area contributed by atoms with Gasteiger partial charge < -0.3 is 0 Å². The fraction of sp³-hybridized carbons (Fsp3) is 0.316. The van der Waals surface area contributed by atoms with E-state index in [1.165, 1.54) is 17.7 Å². The number of hydrogen-bond acceptors (Lipinski definition) is 1. The van der Waals surface area contributed by atoms with Crippen LogP contribution in [-0.4, -0.2) is 5.78 Å². The van der Waals surface area contributed by atoms with Gasteiger partial charge in [0.15, 0.2) is 5.78 Å². The molecule has 0 aliphatic rings. The zero-order valence-corrected chi connectivity index (χ0v) is 12.9. The van der Waals surface area contributed by atoms with Gasteiger partial charge in [0.25, 0.3) is 0 Å². The van der Waals surface area contributed by atoms with E-state index in [2.05, 4.69) is 32.9 Å². The zero-order valence-electron chi connectivity index (χ0n) is 12.9. The highest BCUT2D eigenvalue weighted by molar-refractivity contribution is 6.11. The van der Waals surface area contributed by atoms with Crippen molar-refractivity contribution in [3.05, 3.63) is 70.0 Å². The Morgan fingerprint density at radius 1 is 0.952 bits per heavy atom. The van der Waals surface area contributed by atoms with Gasteiger partial charge in [0.1, 0.15) is 5.82 Å². The van der Waals surface area contributed by atoms with Crippen LogP contribution in [0, 0.1) is 5.82 Å². The van der Waals surface area contributed by atoms with Gasteiger partial charge in [-0.15, -0.1) is 0 Å². The molecule has 2 heteroatoms. The van der Waals surface area contributed by atoms with Crippen LogP contribution in [0.5, 0.6) is 0 Å². The van der Waals surface area contributed by atoms with Crippen molar-refractivity contribution in [3.8, 4) is 0 Å². The summed E-state index contributed by atoms with van der Waals surface area (Å²) < 4.78 is 13.4. The predicted molar refractivity (Wildman–Crippen MR) is 84.4 cm³/mol. The first kappa shape index (κ1) is 15.4. The van der Waals surface area contributed by atoms with Crippen molar-refractivity contribution in [3.63, 3.8) is 0 Å². The Morgan fingerprint density at radius 2 is 1.57 bits per heavy atom. The van der Waals surface area contributed by atoms with Crippen molar-refractivity contribution in [2.75, 3.05) is 0 Å². The smallest absolute Gasteiger partial charge is 0.193 e. The average molecular weight is 284 g/mol. The van der Waals surface area contributed by atoms with Crippen molar-refractivity contribution >= 4 is 5.78 Å². The SMILES string of the molecule is CCc1cc(CC)c(C(=O)c2cccc(F)c2)c(CC)c1. The fourth-order valence-electron chi connectivity index (χ4n) is 2.67. The summed E-state index contributed by atoms with van der Waals surface area (Å²) in [4.78, 5) is 12.8. The van der Waals surface area contributed by atoms with Crippen LogP contribution in [0.1, 0.15) is 53.4 Å². The molecule has 0 amide bonds. The Labute approximate surface area is 125 Å². The van der Waals surface area contributed by atoms with E-state index in [9.17, 15) is 9.18 Å². The lowest BCUT2D eigenvalue weighted by molar-refractivity contribution is 0.103. The third-order valence-electron chi connectivity index (χ3n) is 3.85. The van der Waals surface area contributed by atoms with Crippen LogP contribution in [0.3, 0.4) is 0 Å². The maximum atomic E-state index is 13.4. The molecule has 2 aromatic carbocycles. The van der Waals surface area contributed by atoms with Gasteiger partial charge in [-0.25, -0.2) is 4.39 Å². The van der Waals surface area contributed by atoms with E-state index < -0.39 is 0 Å². The monoisotopic (exact) mass is 284 g/mol. The maximum Gasteiger partial charge on any atom is 0.193 e. The van der Waals surface area contributed by atoms with E-state index >= 15 is 0 Å². The third kappa shape index (κ3) is 3.21. The molecule has 0 atom stereocenters. The van der Waals surface area contributed by atoms with Crippen LogP contribution in [0.4, 0.5) is 4.39 Å². The molecule has 0 saturated carbocycles. The largest absolute Gasteiger partial charge is 0.289 e. The van der Waals surface area contributed by atoms with Crippen LogP contribution >= 0.6 is 0 Å². The molecule has 0 N–H and O–H groups in total. The molecule has 0 saturated heterocycles. The van der Waals surface area contributed by atoms with Gasteiger partial charge in [0, 0.05) is 11.1 Å². The highest BCUT2D eigenvalue weighted by Gasteiger charge is 2.18. The van der Waals surface area contributed by atoms with Crippen LogP contribution in [0.2, 0.25) is 0 Å². The van der Waals surface area contributed by atoms with Gasteiger partial charge >= 0.3 is 0 Å². The summed E-state index contributed by atoms with van der Waals surface area (Å²) in [6.07, 6.45) is 2.56. The molecule has 0 aliphatic carbocycles. The van der Waals surface area contributed by atoms with E-state index in [-0.39, 0.29) is 11.6 Å². The molecule has 1 nitrogen and oxygen atoms in total. The number of carbonyl (C=O) groups is 1. The molecule has 110 valence electrons. The number of benzene rings is 2. The van der Waals surface area contributed by atoms with Crippen molar-refractivity contribution < 1.29 is 9.18 Å². The molecular weight excluding hydrogens is 263 g/mol. The third-order valence-corrected chi connectivity index (χ3v) is 3.85. The van der Waals surface area contributed by atoms with Crippen molar-refractivity contribution in [2.24, 2.45) is 0 Å². The van der Waals surface area contributed by atoms with Crippen LogP contribution in [-0.2, 0) is 19.3 Å². The molecule has 0 spiro atoms. The molecule has 0 aliphatic heterocycles. The minimum absolute atomic E-state index is 0.0779. The summed E-state index contributed by atoms with van der Waals surface area (Å²) in [5, 5.41) is 0. The van der Waals surface area contributed by atoms with Crippen LogP contribution < -0.4 is 0 Å². The normalized spacial score (nSPS) is 10.7. The average Bonchev–Trinajstić information content (AvgIpc) is 2.52. The van der Waals surface area contributed by atoms with Crippen LogP contribution in [0.25, 0.3) is 0 Å². The van der Waals surface area contributed by atoms with E-state index in [0.29, 0.717) is 5.56 Å². The van der Waals surface area contributed by atoms with E-state index in [0.717, 1.165) is 36.0 Å². The Balaban J connectivity index is 2.59. The van der Waals surface area contributed by atoms with Gasteiger partial charge in [-0.05, 0) is 48.1 Å². The first-order valence-electron chi connectivity index (χ1n) is 7.55. The lowest BCUT2D eigenvalue weighted by atomic mass is 9.89. The topological polar surface area (TPSA) is 17.1 Å². The van der Waals surface area contributed by atoms with Crippen LogP contribution in [0.15, 0.2) is 36.4 Å². The maximum absolute atomic E-state index is 13.4. The van der Waals surface area contributed by atoms with Gasteiger partial charge in [-0.1, -0.05) is 45.0 Å². The van der Waals surface area contributed by atoms with Gasteiger partial charge in [0.2, 0.25) is 0 Å². The van der Waals surface area contributed by atoms with E-state index in [1.807, 2.05) is 0 Å². The Bertz CT molecular complexity index is 633. The highest BCUT2D eigenvalue weighted by atomic mass is 19.1. The molecule has 0 heterocycles. The summed E-state index contributed by atoms with van der Waals surface area (Å²) in [5.74, 6) is -0.451. The molecule has 0 fully saturated rings. The summed E-state index contributed by atoms with van der Waals surface area (Å²) >= 11 is 0. The lowest BCUT2D eigenvalue weighted by Crippen LogP contribution is -2.10. The standard InChI is InChI=1S/C19H21FO/c1-4-13-10-14(5-2)18(15(6-3)11-13)19(21)16-8-7-9-17(20)12-16/h7-12H,4-6H2,1-3H3. The van der Waals surface area contributed by atoms with E-state index in [4.69, 9.17) is 0 Å².